The number of allylic oxidation sites excluding steroid dienone is 1. The highest BCUT2D eigenvalue weighted by Gasteiger charge is 2.37. The molecule has 1 fully saturated rings. The molecule has 1 atom stereocenters. The van der Waals surface area contributed by atoms with E-state index < -0.39 is 0 Å². The highest BCUT2D eigenvalue weighted by atomic mass is 32.2. The van der Waals surface area contributed by atoms with Gasteiger partial charge in [-0.3, -0.25) is 4.79 Å². The molecule has 0 N–H and O–H groups in total. The van der Waals surface area contributed by atoms with Gasteiger partial charge in [-0.25, -0.2) is 4.79 Å². The van der Waals surface area contributed by atoms with Crippen molar-refractivity contribution in [3.8, 4) is 0 Å². The van der Waals surface area contributed by atoms with Crippen molar-refractivity contribution in [2.24, 2.45) is 0 Å². The Balaban J connectivity index is 2.18. The lowest BCUT2D eigenvalue weighted by molar-refractivity contribution is -0.137. The van der Waals surface area contributed by atoms with E-state index in [1.807, 2.05) is 0 Å². The van der Waals surface area contributed by atoms with Gasteiger partial charge in [0.25, 0.3) is 0 Å². The van der Waals surface area contributed by atoms with Gasteiger partial charge in [-0.05, 0) is 5.57 Å². The minimum atomic E-state index is 0.143. The van der Waals surface area contributed by atoms with Crippen molar-refractivity contribution < 1.29 is 9.59 Å². The van der Waals surface area contributed by atoms with Crippen LogP contribution < -0.4 is 0 Å². The van der Waals surface area contributed by atoms with Gasteiger partial charge in [-0.1, -0.05) is 0 Å². The first-order chi connectivity index (χ1) is 5.81. The molecule has 3 nitrogen and oxygen atoms in total. The summed E-state index contributed by atoms with van der Waals surface area (Å²) in [6.45, 7) is 0. The van der Waals surface area contributed by atoms with Crippen molar-refractivity contribution in [2.75, 3.05) is 5.75 Å². The van der Waals surface area contributed by atoms with E-state index in [1.165, 1.54) is 6.08 Å². The summed E-state index contributed by atoms with van der Waals surface area (Å²) in [6, 6.07) is 0. The van der Waals surface area contributed by atoms with Gasteiger partial charge in [0.15, 0.2) is 0 Å². The molecule has 2 rings (SSSR count). The predicted molar refractivity (Wildman–Crippen MR) is 46.1 cm³/mol. The first kappa shape index (κ1) is 7.65. The average Bonchev–Trinajstić information content (AvgIpc) is 2.07. The van der Waals surface area contributed by atoms with Crippen LogP contribution in [0.5, 0.6) is 0 Å². The summed E-state index contributed by atoms with van der Waals surface area (Å²) in [5, 5.41) is 0.321. The molecule has 0 spiro atoms. The molecule has 1 amide bonds. The van der Waals surface area contributed by atoms with Gasteiger partial charge in [-0.2, -0.15) is 0 Å². The fourth-order valence-corrected chi connectivity index (χ4v) is 2.40. The molecule has 2 aliphatic heterocycles. The minimum absolute atomic E-state index is 0.143. The molecule has 0 aliphatic carbocycles. The number of hydrogen-bond donors (Lipinski definition) is 0. The van der Waals surface area contributed by atoms with Crippen molar-refractivity contribution in [1.82, 2.24) is 4.90 Å². The Bertz CT molecular complexity index is 304. The van der Waals surface area contributed by atoms with Crippen LogP contribution in [-0.4, -0.2) is 27.9 Å². The summed E-state index contributed by atoms with van der Waals surface area (Å²) in [6.07, 6.45) is 3.77. The minimum Gasteiger partial charge on any atom is -0.306 e. The van der Waals surface area contributed by atoms with Crippen LogP contribution in [0, 0.1) is 0 Å². The Morgan fingerprint density at radius 1 is 1.75 bits per heavy atom. The van der Waals surface area contributed by atoms with Crippen molar-refractivity contribution in [3.63, 3.8) is 0 Å². The highest BCUT2D eigenvalue weighted by molar-refractivity contribution is 8.00. The number of fused-ring (bicyclic) bond motifs is 1. The lowest BCUT2D eigenvalue weighted by atomic mass is 10.2. The van der Waals surface area contributed by atoms with Crippen LogP contribution in [0.25, 0.3) is 0 Å². The van der Waals surface area contributed by atoms with E-state index >= 15 is 0 Å². The fourth-order valence-electron chi connectivity index (χ4n) is 1.26. The van der Waals surface area contributed by atoms with Gasteiger partial charge in [0.1, 0.15) is 5.94 Å². The summed E-state index contributed by atoms with van der Waals surface area (Å²) >= 11 is 1.69. The van der Waals surface area contributed by atoms with Gasteiger partial charge in [0.05, 0.1) is 11.8 Å². The standard InChI is InChI=1S/C8H7NO2S/c10-2-1-6-4-9-7(11)3-8(9)12-5-6/h1,4,8H,3,5H2/t8-/m1/s1. The Labute approximate surface area is 74.1 Å². The quantitative estimate of drug-likeness (QED) is 0.438. The zero-order valence-electron chi connectivity index (χ0n) is 6.32. The first-order valence-electron chi connectivity index (χ1n) is 3.65. The number of thioether (sulfide) groups is 1. The molecular formula is C8H7NO2S. The Morgan fingerprint density at radius 2 is 2.58 bits per heavy atom. The van der Waals surface area contributed by atoms with Crippen molar-refractivity contribution in [2.45, 2.75) is 11.8 Å². The largest absolute Gasteiger partial charge is 0.306 e. The monoisotopic (exact) mass is 181 g/mol. The Morgan fingerprint density at radius 3 is 3.25 bits per heavy atom. The summed E-state index contributed by atoms with van der Waals surface area (Å²) in [7, 11) is 0. The van der Waals surface area contributed by atoms with E-state index in [0.717, 1.165) is 11.3 Å². The molecule has 0 unspecified atom stereocenters. The molecule has 0 aromatic heterocycles. The van der Waals surface area contributed by atoms with Gasteiger partial charge >= 0.3 is 0 Å². The lowest BCUT2D eigenvalue weighted by Crippen LogP contribution is -2.49. The maximum atomic E-state index is 11.0. The zero-order valence-corrected chi connectivity index (χ0v) is 7.13. The van der Waals surface area contributed by atoms with Crippen molar-refractivity contribution in [3.05, 3.63) is 17.8 Å². The molecule has 0 radical (unpaired) electrons. The molecule has 2 aliphatic rings. The van der Waals surface area contributed by atoms with Gasteiger partial charge in [-0.15, -0.1) is 11.8 Å². The third-order valence-corrected chi connectivity index (χ3v) is 3.22. The van der Waals surface area contributed by atoms with Crippen LogP contribution in [0.4, 0.5) is 0 Å². The number of rotatable bonds is 1. The van der Waals surface area contributed by atoms with E-state index in [-0.39, 0.29) is 5.91 Å². The number of β-lactam (4-membered cyclic amide) rings is 1. The van der Waals surface area contributed by atoms with Gasteiger partial charge in [0, 0.05) is 18.0 Å². The molecule has 0 aromatic rings. The molecule has 4 heteroatoms. The summed E-state index contributed by atoms with van der Waals surface area (Å²) < 4.78 is 0. The van der Waals surface area contributed by atoms with Crippen LogP contribution in [0.1, 0.15) is 6.42 Å². The molecule has 62 valence electrons. The van der Waals surface area contributed by atoms with Gasteiger partial charge in [0.2, 0.25) is 5.91 Å². The van der Waals surface area contributed by atoms with E-state index in [2.05, 4.69) is 0 Å². The van der Waals surface area contributed by atoms with Gasteiger partial charge < -0.3 is 4.90 Å². The summed E-state index contributed by atoms with van der Waals surface area (Å²) in [5.41, 5.74) is 0.874. The maximum absolute atomic E-state index is 11.0. The Hall–Kier alpha value is -0.990. The van der Waals surface area contributed by atoms with Crippen molar-refractivity contribution in [1.29, 1.82) is 0 Å². The smallest absolute Gasteiger partial charge is 0.230 e. The van der Waals surface area contributed by atoms with E-state index in [0.29, 0.717) is 11.8 Å². The van der Waals surface area contributed by atoms with Crippen LogP contribution in [-0.2, 0) is 9.59 Å². The molecule has 12 heavy (non-hydrogen) atoms. The predicted octanol–water partition coefficient (Wildman–Crippen LogP) is 0.563. The van der Waals surface area contributed by atoms with E-state index in [9.17, 15) is 9.59 Å². The number of amides is 1. The van der Waals surface area contributed by atoms with Crippen molar-refractivity contribution >= 4 is 23.6 Å². The molecular weight excluding hydrogens is 174 g/mol. The SMILES string of the molecule is O=C=CC1=CN2C(=O)C[C@H]2SC1. The van der Waals surface area contributed by atoms with E-state index in [4.69, 9.17) is 0 Å². The average molecular weight is 181 g/mol. The first-order valence-corrected chi connectivity index (χ1v) is 4.70. The zero-order chi connectivity index (χ0) is 8.55. The Kier molecular flexibility index (Phi) is 1.79. The fraction of sp³-hybridized carbons (Fsp3) is 0.375. The molecule has 0 aromatic carbocycles. The maximum Gasteiger partial charge on any atom is 0.230 e. The highest BCUT2D eigenvalue weighted by Crippen LogP contribution is 2.35. The second-order valence-electron chi connectivity index (χ2n) is 2.74. The molecule has 0 bridgehead atoms. The molecule has 0 saturated carbocycles. The van der Waals surface area contributed by atoms with E-state index in [1.54, 1.807) is 28.8 Å². The van der Waals surface area contributed by atoms with Crippen LogP contribution >= 0.6 is 11.8 Å². The third kappa shape index (κ3) is 1.09. The molecule has 2 heterocycles. The summed E-state index contributed by atoms with van der Waals surface area (Å²) in [4.78, 5) is 22.7. The second kappa shape index (κ2) is 2.81. The number of hydrogen-bond acceptors (Lipinski definition) is 3. The topological polar surface area (TPSA) is 37.4 Å². The number of carbonyl (C=O) groups is 1. The number of nitrogens with zero attached hydrogens (tertiary/aromatic N) is 1. The summed E-state index contributed by atoms with van der Waals surface area (Å²) in [5.74, 6) is 2.67. The van der Waals surface area contributed by atoms with Crippen LogP contribution in [0.2, 0.25) is 0 Å². The second-order valence-corrected chi connectivity index (χ2v) is 3.90. The normalized spacial score (nSPS) is 26.7. The van der Waals surface area contributed by atoms with Crippen LogP contribution in [0.3, 0.4) is 0 Å². The molecule has 1 saturated heterocycles. The lowest BCUT2D eigenvalue weighted by Gasteiger charge is -2.40. The van der Waals surface area contributed by atoms with Crippen LogP contribution in [0.15, 0.2) is 17.8 Å². The third-order valence-electron chi connectivity index (χ3n) is 1.94. The number of carbonyl (C=O) groups excluding carboxylic acids is 2.